The molecule has 18 heavy (non-hydrogen) atoms. The number of nitro benzene ring substituents is 1. The normalized spacial score (nSPS) is 11.7. The zero-order chi connectivity index (χ0) is 13.9. The minimum atomic E-state index is -4.58. The van der Waals surface area contributed by atoms with Gasteiger partial charge in [-0.25, -0.2) is 0 Å². The molecule has 0 aliphatic heterocycles. The van der Waals surface area contributed by atoms with Gasteiger partial charge < -0.3 is 5.32 Å². The minimum Gasteiger partial charge on any atom is -0.379 e. The molecular formula is C11H13F3N2O2. The summed E-state index contributed by atoms with van der Waals surface area (Å²) in [5, 5.41) is 13.5. The second kappa shape index (κ2) is 5.24. The van der Waals surface area contributed by atoms with Crippen LogP contribution in [0.15, 0.2) is 18.2 Å². The average molecular weight is 262 g/mol. The summed E-state index contributed by atoms with van der Waals surface area (Å²) >= 11 is 0. The Labute approximate surface area is 102 Å². The molecule has 1 rings (SSSR count). The van der Waals surface area contributed by atoms with E-state index in [2.05, 4.69) is 5.32 Å². The van der Waals surface area contributed by atoms with Crippen molar-refractivity contribution in [2.24, 2.45) is 5.92 Å². The predicted molar refractivity (Wildman–Crippen MR) is 61.4 cm³/mol. The molecule has 1 aromatic rings. The first-order chi connectivity index (χ1) is 8.21. The standard InChI is InChI=1S/C11H13F3N2O2/c1-7(2)6-15-9-4-3-8(11(12,13)14)5-10(9)16(17)18/h3-5,7,15H,6H2,1-2H3. The lowest BCUT2D eigenvalue weighted by Gasteiger charge is -2.11. The number of anilines is 1. The van der Waals surface area contributed by atoms with Gasteiger partial charge in [0.05, 0.1) is 10.5 Å². The van der Waals surface area contributed by atoms with E-state index in [1.54, 1.807) is 0 Å². The fourth-order valence-electron chi connectivity index (χ4n) is 1.32. The van der Waals surface area contributed by atoms with Crippen LogP contribution >= 0.6 is 0 Å². The molecule has 0 heterocycles. The van der Waals surface area contributed by atoms with Crippen LogP contribution in [0.3, 0.4) is 0 Å². The summed E-state index contributed by atoms with van der Waals surface area (Å²) < 4.78 is 37.3. The molecule has 0 bridgehead atoms. The van der Waals surface area contributed by atoms with Gasteiger partial charge in [0.25, 0.3) is 5.69 Å². The molecule has 0 saturated carbocycles. The third kappa shape index (κ3) is 3.61. The van der Waals surface area contributed by atoms with E-state index < -0.39 is 22.4 Å². The van der Waals surface area contributed by atoms with Crippen LogP contribution in [-0.2, 0) is 6.18 Å². The Balaban J connectivity index is 3.09. The largest absolute Gasteiger partial charge is 0.416 e. The summed E-state index contributed by atoms with van der Waals surface area (Å²) in [5.41, 5.74) is -1.49. The van der Waals surface area contributed by atoms with Crippen molar-refractivity contribution in [3.63, 3.8) is 0 Å². The summed E-state index contributed by atoms with van der Waals surface area (Å²) in [6.07, 6.45) is -4.58. The number of nitrogens with one attached hydrogen (secondary N) is 1. The number of nitrogens with zero attached hydrogens (tertiary/aromatic N) is 1. The van der Waals surface area contributed by atoms with Gasteiger partial charge in [-0.1, -0.05) is 13.8 Å². The maximum absolute atomic E-state index is 12.4. The first kappa shape index (κ1) is 14.3. The van der Waals surface area contributed by atoms with Crippen LogP contribution in [-0.4, -0.2) is 11.5 Å². The Morgan fingerprint density at radius 3 is 2.44 bits per heavy atom. The van der Waals surface area contributed by atoms with Gasteiger partial charge in [-0.2, -0.15) is 13.2 Å². The zero-order valence-corrected chi connectivity index (χ0v) is 9.91. The molecule has 1 N–H and O–H groups in total. The number of rotatable bonds is 4. The Morgan fingerprint density at radius 1 is 1.39 bits per heavy atom. The van der Waals surface area contributed by atoms with Crippen molar-refractivity contribution in [1.29, 1.82) is 0 Å². The molecular weight excluding hydrogens is 249 g/mol. The Kier molecular flexibility index (Phi) is 4.15. The second-order valence-corrected chi connectivity index (χ2v) is 4.26. The Morgan fingerprint density at radius 2 is 2.00 bits per heavy atom. The second-order valence-electron chi connectivity index (χ2n) is 4.26. The highest BCUT2D eigenvalue weighted by atomic mass is 19.4. The van der Waals surface area contributed by atoms with Crippen molar-refractivity contribution in [2.75, 3.05) is 11.9 Å². The fourth-order valence-corrected chi connectivity index (χ4v) is 1.32. The van der Waals surface area contributed by atoms with E-state index in [4.69, 9.17) is 0 Å². The van der Waals surface area contributed by atoms with Crippen molar-refractivity contribution in [2.45, 2.75) is 20.0 Å². The first-order valence-corrected chi connectivity index (χ1v) is 5.31. The number of hydrogen-bond acceptors (Lipinski definition) is 3. The highest BCUT2D eigenvalue weighted by Gasteiger charge is 2.32. The van der Waals surface area contributed by atoms with Crippen molar-refractivity contribution in [1.82, 2.24) is 0 Å². The summed E-state index contributed by atoms with van der Waals surface area (Å²) in [5.74, 6) is 0.229. The molecule has 0 radical (unpaired) electrons. The Hall–Kier alpha value is -1.79. The summed E-state index contributed by atoms with van der Waals surface area (Å²) in [6, 6.07) is 2.46. The van der Waals surface area contributed by atoms with Crippen molar-refractivity contribution < 1.29 is 18.1 Å². The average Bonchev–Trinajstić information content (AvgIpc) is 2.24. The van der Waals surface area contributed by atoms with Crippen molar-refractivity contribution in [3.8, 4) is 0 Å². The molecule has 0 fully saturated rings. The molecule has 0 aliphatic rings. The van der Waals surface area contributed by atoms with E-state index in [1.165, 1.54) is 0 Å². The highest BCUT2D eigenvalue weighted by molar-refractivity contribution is 5.62. The van der Waals surface area contributed by atoms with Gasteiger partial charge in [0.2, 0.25) is 0 Å². The van der Waals surface area contributed by atoms with E-state index in [1.807, 2.05) is 13.8 Å². The first-order valence-electron chi connectivity index (χ1n) is 5.31. The van der Waals surface area contributed by atoms with E-state index in [0.717, 1.165) is 12.1 Å². The molecule has 100 valence electrons. The smallest absolute Gasteiger partial charge is 0.379 e. The highest BCUT2D eigenvalue weighted by Crippen LogP contribution is 2.34. The molecule has 4 nitrogen and oxygen atoms in total. The summed E-state index contributed by atoms with van der Waals surface area (Å²) in [6.45, 7) is 4.23. The predicted octanol–water partition coefficient (Wildman–Crippen LogP) is 3.68. The van der Waals surface area contributed by atoms with Gasteiger partial charge in [-0.15, -0.1) is 0 Å². The van der Waals surface area contributed by atoms with Crippen LogP contribution in [0.1, 0.15) is 19.4 Å². The van der Waals surface area contributed by atoms with Gasteiger partial charge in [-0.05, 0) is 18.1 Å². The van der Waals surface area contributed by atoms with Crippen LogP contribution in [0.4, 0.5) is 24.5 Å². The molecule has 1 aromatic carbocycles. The lowest BCUT2D eigenvalue weighted by atomic mass is 10.1. The number of benzene rings is 1. The van der Waals surface area contributed by atoms with E-state index in [0.29, 0.717) is 12.6 Å². The molecule has 0 unspecified atom stereocenters. The maximum atomic E-state index is 12.4. The van der Waals surface area contributed by atoms with Gasteiger partial charge in [0.15, 0.2) is 0 Å². The van der Waals surface area contributed by atoms with E-state index in [9.17, 15) is 23.3 Å². The number of hydrogen-bond donors (Lipinski definition) is 1. The SMILES string of the molecule is CC(C)CNc1ccc(C(F)(F)F)cc1[N+](=O)[O-]. The van der Waals surface area contributed by atoms with Gasteiger partial charge in [0.1, 0.15) is 5.69 Å². The van der Waals surface area contributed by atoms with Gasteiger partial charge in [0, 0.05) is 12.6 Å². The van der Waals surface area contributed by atoms with Crippen LogP contribution in [0.25, 0.3) is 0 Å². The number of nitro groups is 1. The molecule has 0 saturated heterocycles. The molecule has 0 spiro atoms. The third-order valence-electron chi connectivity index (χ3n) is 2.22. The van der Waals surface area contributed by atoms with Crippen LogP contribution in [0.2, 0.25) is 0 Å². The molecule has 0 aliphatic carbocycles. The van der Waals surface area contributed by atoms with E-state index >= 15 is 0 Å². The van der Waals surface area contributed by atoms with Crippen LogP contribution in [0, 0.1) is 16.0 Å². The summed E-state index contributed by atoms with van der Waals surface area (Å²) in [7, 11) is 0. The lowest BCUT2D eigenvalue weighted by Crippen LogP contribution is -2.11. The van der Waals surface area contributed by atoms with Gasteiger partial charge in [-0.3, -0.25) is 10.1 Å². The van der Waals surface area contributed by atoms with E-state index in [-0.39, 0.29) is 11.6 Å². The lowest BCUT2D eigenvalue weighted by molar-refractivity contribution is -0.384. The zero-order valence-electron chi connectivity index (χ0n) is 9.91. The maximum Gasteiger partial charge on any atom is 0.416 e. The topological polar surface area (TPSA) is 55.2 Å². The Bertz CT molecular complexity index is 444. The number of alkyl halides is 3. The molecule has 0 amide bonds. The molecule has 0 aromatic heterocycles. The van der Waals surface area contributed by atoms with Crippen LogP contribution < -0.4 is 5.32 Å². The number of halogens is 3. The monoisotopic (exact) mass is 262 g/mol. The molecule has 0 atom stereocenters. The fraction of sp³-hybridized carbons (Fsp3) is 0.455. The summed E-state index contributed by atoms with van der Waals surface area (Å²) in [4.78, 5) is 9.92. The van der Waals surface area contributed by atoms with Crippen molar-refractivity contribution in [3.05, 3.63) is 33.9 Å². The quantitative estimate of drug-likeness (QED) is 0.665. The molecule has 7 heteroatoms. The third-order valence-corrected chi connectivity index (χ3v) is 2.22. The van der Waals surface area contributed by atoms with Crippen LogP contribution in [0.5, 0.6) is 0 Å². The van der Waals surface area contributed by atoms with Gasteiger partial charge >= 0.3 is 6.18 Å². The minimum absolute atomic E-state index is 0.0988. The van der Waals surface area contributed by atoms with Crippen molar-refractivity contribution >= 4 is 11.4 Å².